The third kappa shape index (κ3) is 3.57. The Labute approximate surface area is 138 Å². The molecule has 0 spiro atoms. The molecule has 3 rings (SSSR count). The van der Waals surface area contributed by atoms with E-state index in [1.807, 2.05) is 0 Å². The first kappa shape index (κ1) is 15.7. The van der Waals surface area contributed by atoms with Gasteiger partial charge in [0.2, 0.25) is 0 Å². The molecule has 0 radical (unpaired) electrons. The summed E-state index contributed by atoms with van der Waals surface area (Å²) in [5.41, 5.74) is 1.68. The van der Waals surface area contributed by atoms with E-state index >= 15 is 0 Å². The standard InChI is InChI=1S/C19H14FNO3/c1-23-19(22)14-5-3-7-16(11-14)21-12-17-8-9-18(24-17)13-4-2-6-15(20)10-13/h2-12H,1H3. The van der Waals surface area contributed by atoms with Crippen molar-refractivity contribution in [1.29, 1.82) is 0 Å². The smallest absolute Gasteiger partial charge is 0.337 e. The molecule has 0 aliphatic heterocycles. The molecule has 3 aromatic rings. The van der Waals surface area contributed by atoms with E-state index in [2.05, 4.69) is 9.73 Å². The van der Waals surface area contributed by atoms with Crippen LogP contribution < -0.4 is 0 Å². The number of benzene rings is 2. The number of carbonyl (C=O) groups excluding carboxylic acids is 1. The average molecular weight is 323 g/mol. The highest BCUT2D eigenvalue weighted by Crippen LogP contribution is 2.22. The molecule has 120 valence electrons. The summed E-state index contributed by atoms with van der Waals surface area (Å²) < 4.78 is 23.6. The van der Waals surface area contributed by atoms with E-state index < -0.39 is 5.97 Å². The number of rotatable bonds is 4. The Balaban J connectivity index is 1.80. The predicted octanol–water partition coefficient (Wildman–Crippen LogP) is 4.62. The van der Waals surface area contributed by atoms with Crippen LogP contribution in [0.3, 0.4) is 0 Å². The first-order chi connectivity index (χ1) is 11.7. The van der Waals surface area contributed by atoms with Gasteiger partial charge in [-0.15, -0.1) is 0 Å². The zero-order valence-electron chi connectivity index (χ0n) is 12.9. The summed E-state index contributed by atoms with van der Waals surface area (Å²) in [5.74, 6) is 0.342. The van der Waals surface area contributed by atoms with E-state index in [-0.39, 0.29) is 5.82 Å². The van der Waals surface area contributed by atoms with Crippen LogP contribution in [0.1, 0.15) is 16.1 Å². The lowest BCUT2D eigenvalue weighted by molar-refractivity contribution is 0.0601. The van der Waals surface area contributed by atoms with E-state index in [0.29, 0.717) is 28.3 Å². The second kappa shape index (κ2) is 6.91. The van der Waals surface area contributed by atoms with Crippen LogP contribution in [0.2, 0.25) is 0 Å². The van der Waals surface area contributed by atoms with Gasteiger partial charge < -0.3 is 9.15 Å². The van der Waals surface area contributed by atoms with Crippen LogP contribution in [-0.4, -0.2) is 19.3 Å². The molecule has 24 heavy (non-hydrogen) atoms. The number of esters is 1. The van der Waals surface area contributed by atoms with Crippen molar-refractivity contribution in [3.05, 3.63) is 77.8 Å². The second-order valence-corrected chi connectivity index (χ2v) is 5.01. The van der Waals surface area contributed by atoms with Gasteiger partial charge in [0.25, 0.3) is 0 Å². The molecule has 5 heteroatoms. The predicted molar refractivity (Wildman–Crippen MR) is 89.1 cm³/mol. The highest BCUT2D eigenvalue weighted by molar-refractivity contribution is 5.90. The Kier molecular flexibility index (Phi) is 4.52. The van der Waals surface area contributed by atoms with Gasteiger partial charge in [-0.3, -0.25) is 4.99 Å². The van der Waals surface area contributed by atoms with E-state index in [1.54, 1.807) is 54.7 Å². The molecule has 4 nitrogen and oxygen atoms in total. The van der Waals surface area contributed by atoms with Crippen LogP contribution in [0.4, 0.5) is 10.1 Å². The monoisotopic (exact) mass is 323 g/mol. The summed E-state index contributed by atoms with van der Waals surface area (Å²) in [6.45, 7) is 0. The molecule has 0 aliphatic carbocycles. The molecule has 0 aliphatic rings. The number of carbonyl (C=O) groups is 1. The lowest BCUT2D eigenvalue weighted by Crippen LogP contribution is -1.99. The minimum atomic E-state index is -0.418. The van der Waals surface area contributed by atoms with Gasteiger partial charge in [-0.1, -0.05) is 18.2 Å². The maximum absolute atomic E-state index is 13.3. The Morgan fingerprint density at radius 1 is 1.12 bits per heavy atom. The summed E-state index contributed by atoms with van der Waals surface area (Å²) in [5, 5.41) is 0. The van der Waals surface area contributed by atoms with Crippen molar-refractivity contribution in [1.82, 2.24) is 0 Å². The number of hydrogen-bond acceptors (Lipinski definition) is 4. The molecule has 0 atom stereocenters. The molecule has 0 bridgehead atoms. The number of ether oxygens (including phenoxy) is 1. The highest BCUT2D eigenvalue weighted by Gasteiger charge is 2.06. The first-order valence-corrected chi connectivity index (χ1v) is 7.24. The maximum atomic E-state index is 13.3. The number of furan rings is 1. The summed E-state index contributed by atoms with van der Waals surface area (Å²) in [7, 11) is 1.33. The van der Waals surface area contributed by atoms with E-state index in [1.165, 1.54) is 19.2 Å². The van der Waals surface area contributed by atoms with Crippen molar-refractivity contribution in [2.75, 3.05) is 7.11 Å². The molecule has 0 amide bonds. The molecule has 0 unspecified atom stereocenters. The molecular weight excluding hydrogens is 309 g/mol. The van der Waals surface area contributed by atoms with E-state index in [0.717, 1.165) is 0 Å². The largest absolute Gasteiger partial charge is 0.465 e. The van der Waals surface area contributed by atoms with Crippen molar-refractivity contribution in [2.45, 2.75) is 0 Å². The summed E-state index contributed by atoms with van der Waals surface area (Å²) in [4.78, 5) is 15.8. The summed E-state index contributed by atoms with van der Waals surface area (Å²) >= 11 is 0. The van der Waals surface area contributed by atoms with Gasteiger partial charge in [0.05, 0.1) is 24.6 Å². The van der Waals surface area contributed by atoms with Crippen LogP contribution in [0, 0.1) is 5.82 Å². The molecule has 0 saturated carbocycles. The number of hydrogen-bond donors (Lipinski definition) is 0. The minimum absolute atomic E-state index is 0.321. The fraction of sp³-hybridized carbons (Fsp3) is 0.0526. The zero-order valence-corrected chi connectivity index (χ0v) is 12.9. The maximum Gasteiger partial charge on any atom is 0.337 e. The summed E-state index contributed by atoms with van der Waals surface area (Å²) in [6, 6.07) is 16.4. The van der Waals surface area contributed by atoms with Gasteiger partial charge in [0.1, 0.15) is 17.3 Å². The SMILES string of the molecule is COC(=O)c1cccc(N=Cc2ccc(-c3cccc(F)c3)o2)c1. The van der Waals surface area contributed by atoms with Gasteiger partial charge >= 0.3 is 5.97 Å². The van der Waals surface area contributed by atoms with Crippen molar-refractivity contribution >= 4 is 17.9 Å². The van der Waals surface area contributed by atoms with Gasteiger partial charge in [0.15, 0.2) is 0 Å². The van der Waals surface area contributed by atoms with E-state index in [4.69, 9.17) is 4.42 Å². The molecule has 1 heterocycles. The van der Waals surface area contributed by atoms with Crippen molar-refractivity contribution in [3.63, 3.8) is 0 Å². The summed E-state index contributed by atoms with van der Waals surface area (Å²) in [6.07, 6.45) is 1.54. The third-order valence-electron chi connectivity index (χ3n) is 3.34. The Bertz CT molecular complexity index is 899. The molecule has 0 saturated heterocycles. The number of aliphatic imine (C=N–C) groups is 1. The average Bonchev–Trinajstić information content (AvgIpc) is 3.08. The first-order valence-electron chi connectivity index (χ1n) is 7.24. The second-order valence-electron chi connectivity index (χ2n) is 5.01. The third-order valence-corrected chi connectivity index (χ3v) is 3.34. The fourth-order valence-electron chi connectivity index (χ4n) is 2.19. The molecular formula is C19H14FNO3. The highest BCUT2D eigenvalue weighted by atomic mass is 19.1. The lowest BCUT2D eigenvalue weighted by Gasteiger charge is -1.99. The normalized spacial score (nSPS) is 10.9. The minimum Gasteiger partial charge on any atom is -0.465 e. The van der Waals surface area contributed by atoms with Gasteiger partial charge in [-0.25, -0.2) is 9.18 Å². The molecule has 0 N–H and O–H groups in total. The Morgan fingerprint density at radius 3 is 2.75 bits per heavy atom. The van der Waals surface area contributed by atoms with E-state index in [9.17, 15) is 9.18 Å². The number of nitrogens with zero attached hydrogens (tertiary/aromatic N) is 1. The van der Waals surface area contributed by atoms with Gasteiger partial charge in [-0.2, -0.15) is 0 Å². The van der Waals surface area contributed by atoms with Gasteiger partial charge in [-0.05, 0) is 42.5 Å². The topological polar surface area (TPSA) is 51.8 Å². The Hall–Kier alpha value is -3.21. The van der Waals surface area contributed by atoms with Crippen LogP contribution in [0.15, 0.2) is 70.1 Å². The van der Waals surface area contributed by atoms with Crippen LogP contribution in [0.5, 0.6) is 0 Å². The quantitative estimate of drug-likeness (QED) is 0.520. The molecule has 2 aromatic carbocycles. The van der Waals surface area contributed by atoms with Crippen LogP contribution >= 0.6 is 0 Å². The zero-order chi connectivity index (χ0) is 16.9. The van der Waals surface area contributed by atoms with Gasteiger partial charge in [0, 0.05) is 5.56 Å². The van der Waals surface area contributed by atoms with Crippen LogP contribution in [0.25, 0.3) is 11.3 Å². The van der Waals surface area contributed by atoms with Crippen molar-refractivity contribution in [3.8, 4) is 11.3 Å². The number of methoxy groups -OCH3 is 1. The Morgan fingerprint density at radius 2 is 1.96 bits per heavy atom. The fourth-order valence-corrected chi connectivity index (χ4v) is 2.19. The number of halogens is 1. The van der Waals surface area contributed by atoms with Crippen molar-refractivity contribution < 1.29 is 18.3 Å². The lowest BCUT2D eigenvalue weighted by atomic mass is 10.2. The molecule has 1 aromatic heterocycles. The molecule has 0 fully saturated rings. The van der Waals surface area contributed by atoms with Crippen molar-refractivity contribution in [2.24, 2.45) is 4.99 Å². The van der Waals surface area contributed by atoms with Crippen LogP contribution in [-0.2, 0) is 4.74 Å².